The number of hydrogen-bond donors (Lipinski definition) is 2. The molecule has 1 aliphatic carbocycles. The number of likely N-dealkylation sites (tertiary alicyclic amines) is 1. The highest BCUT2D eigenvalue weighted by Gasteiger charge is 2.31. The number of nitrogens with zero attached hydrogens (tertiary/aromatic N) is 1. The van der Waals surface area contributed by atoms with Crippen LogP contribution in [0.25, 0.3) is 0 Å². The van der Waals surface area contributed by atoms with Crippen molar-refractivity contribution in [2.24, 2.45) is 17.8 Å². The Kier molecular flexibility index (Phi) is 5.46. The van der Waals surface area contributed by atoms with E-state index in [4.69, 9.17) is 0 Å². The quantitative estimate of drug-likeness (QED) is 0.784. The van der Waals surface area contributed by atoms with Crippen molar-refractivity contribution in [3.8, 4) is 0 Å². The minimum Gasteiger partial charge on any atom is -0.396 e. The van der Waals surface area contributed by atoms with Gasteiger partial charge < -0.3 is 15.3 Å². The fourth-order valence-electron chi connectivity index (χ4n) is 3.79. The number of aliphatic hydroxyl groups is 1. The molecule has 4 unspecified atom stereocenters. The van der Waals surface area contributed by atoms with Crippen LogP contribution in [0.15, 0.2) is 0 Å². The first kappa shape index (κ1) is 14.3. The molecule has 0 bridgehead atoms. The maximum Gasteiger partial charge on any atom is 0.0471 e. The van der Waals surface area contributed by atoms with E-state index >= 15 is 0 Å². The van der Waals surface area contributed by atoms with Gasteiger partial charge in [-0.05, 0) is 56.5 Å². The van der Waals surface area contributed by atoms with E-state index in [1.165, 1.54) is 38.8 Å². The van der Waals surface area contributed by atoms with Crippen molar-refractivity contribution in [3.63, 3.8) is 0 Å². The van der Waals surface area contributed by atoms with Crippen LogP contribution >= 0.6 is 0 Å². The SMILES string of the molecule is CCNC1CCC(C)CC1CN1CCC(CO)C1. The lowest BCUT2D eigenvalue weighted by atomic mass is 9.78. The second kappa shape index (κ2) is 6.88. The van der Waals surface area contributed by atoms with Crippen LogP contribution in [-0.4, -0.2) is 48.8 Å². The molecule has 106 valence electrons. The van der Waals surface area contributed by atoms with Crippen molar-refractivity contribution in [2.75, 3.05) is 32.8 Å². The zero-order valence-corrected chi connectivity index (χ0v) is 12.1. The second-order valence-corrected chi connectivity index (χ2v) is 6.44. The van der Waals surface area contributed by atoms with Crippen LogP contribution in [0.3, 0.4) is 0 Å². The van der Waals surface area contributed by atoms with Gasteiger partial charge in [-0.1, -0.05) is 13.8 Å². The molecular formula is C15H30N2O. The van der Waals surface area contributed by atoms with Crippen LogP contribution in [0.4, 0.5) is 0 Å². The molecule has 0 amide bonds. The molecule has 1 saturated carbocycles. The van der Waals surface area contributed by atoms with E-state index in [1.807, 2.05) is 0 Å². The normalized spacial score (nSPS) is 38.2. The summed E-state index contributed by atoms with van der Waals surface area (Å²) in [4.78, 5) is 2.58. The smallest absolute Gasteiger partial charge is 0.0471 e. The molecule has 2 N–H and O–H groups in total. The minimum absolute atomic E-state index is 0.369. The Morgan fingerprint density at radius 3 is 2.78 bits per heavy atom. The van der Waals surface area contributed by atoms with Crippen LogP contribution in [0.1, 0.15) is 39.5 Å². The monoisotopic (exact) mass is 254 g/mol. The van der Waals surface area contributed by atoms with Gasteiger partial charge in [-0.25, -0.2) is 0 Å². The fraction of sp³-hybridized carbons (Fsp3) is 1.00. The van der Waals surface area contributed by atoms with Crippen molar-refractivity contribution < 1.29 is 5.11 Å². The largest absolute Gasteiger partial charge is 0.396 e. The molecule has 2 rings (SSSR count). The third kappa shape index (κ3) is 3.69. The number of rotatable bonds is 5. The average molecular weight is 254 g/mol. The van der Waals surface area contributed by atoms with Crippen molar-refractivity contribution in [3.05, 3.63) is 0 Å². The molecule has 4 atom stereocenters. The van der Waals surface area contributed by atoms with E-state index < -0.39 is 0 Å². The fourth-order valence-corrected chi connectivity index (χ4v) is 3.79. The van der Waals surface area contributed by atoms with Gasteiger partial charge in [0.25, 0.3) is 0 Å². The van der Waals surface area contributed by atoms with Gasteiger partial charge in [0.1, 0.15) is 0 Å². The van der Waals surface area contributed by atoms with Crippen molar-refractivity contribution in [1.29, 1.82) is 0 Å². The molecular weight excluding hydrogens is 224 g/mol. The molecule has 0 radical (unpaired) electrons. The predicted octanol–water partition coefficient (Wildman–Crippen LogP) is 1.71. The lowest BCUT2D eigenvalue weighted by Gasteiger charge is -2.37. The molecule has 3 nitrogen and oxygen atoms in total. The first-order chi connectivity index (χ1) is 8.72. The Balaban J connectivity index is 1.84. The summed E-state index contributed by atoms with van der Waals surface area (Å²) in [5.41, 5.74) is 0. The van der Waals surface area contributed by atoms with Gasteiger partial charge in [0.05, 0.1) is 0 Å². The molecule has 3 heteroatoms. The summed E-state index contributed by atoms with van der Waals surface area (Å²) in [6, 6.07) is 0.722. The highest BCUT2D eigenvalue weighted by molar-refractivity contribution is 4.87. The van der Waals surface area contributed by atoms with E-state index in [1.54, 1.807) is 0 Å². The first-order valence-corrected chi connectivity index (χ1v) is 7.79. The van der Waals surface area contributed by atoms with Crippen LogP contribution in [0, 0.1) is 17.8 Å². The predicted molar refractivity (Wildman–Crippen MR) is 75.6 cm³/mol. The Morgan fingerprint density at radius 2 is 2.11 bits per heavy atom. The van der Waals surface area contributed by atoms with Crippen molar-refractivity contribution in [1.82, 2.24) is 10.2 Å². The van der Waals surface area contributed by atoms with Gasteiger partial charge in [0.2, 0.25) is 0 Å². The molecule has 2 aliphatic rings. The number of nitrogens with one attached hydrogen (secondary N) is 1. The standard InChI is InChI=1S/C15H30N2O/c1-3-16-15-5-4-12(2)8-14(15)10-17-7-6-13(9-17)11-18/h12-16,18H,3-11H2,1-2H3. The topological polar surface area (TPSA) is 35.5 Å². The van der Waals surface area contributed by atoms with Gasteiger partial charge >= 0.3 is 0 Å². The molecule has 0 aromatic heterocycles. The van der Waals surface area contributed by atoms with Crippen LogP contribution in [0.5, 0.6) is 0 Å². The molecule has 1 saturated heterocycles. The number of hydrogen-bond acceptors (Lipinski definition) is 3. The van der Waals surface area contributed by atoms with Crippen molar-refractivity contribution >= 4 is 0 Å². The Hall–Kier alpha value is -0.120. The van der Waals surface area contributed by atoms with Gasteiger partial charge in [-0.15, -0.1) is 0 Å². The Bertz CT molecular complexity index is 247. The lowest BCUT2D eigenvalue weighted by Crippen LogP contribution is -2.45. The highest BCUT2D eigenvalue weighted by Crippen LogP contribution is 2.31. The van der Waals surface area contributed by atoms with Crippen molar-refractivity contribution in [2.45, 2.75) is 45.6 Å². The molecule has 0 aromatic carbocycles. The van der Waals surface area contributed by atoms with Gasteiger partial charge in [0.15, 0.2) is 0 Å². The zero-order valence-electron chi connectivity index (χ0n) is 12.1. The maximum atomic E-state index is 9.23. The summed E-state index contributed by atoms with van der Waals surface area (Å²) >= 11 is 0. The minimum atomic E-state index is 0.369. The summed E-state index contributed by atoms with van der Waals surface area (Å²) in [6.07, 6.45) is 5.28. The van der Waals surface area contributed by atoms with Crippen LogP contribution in [0.2, 0.25) is 0 Å². The van der Waals surface area contributed by atoms with E-state index in [0.29, 0.717) is 12.5 Å². The molecule has 1 aliphatic heterocycles. The van der Waals surface area contributed by atoms with E-state index in [2.05, 4.69) is 24.1 Å². The molecule has 0 spiro atoms. The third-order valence-electron chi connectivity index (χ3n) is 4.83. The van der Waals surface area contributed by atoms with Crippen LogP contribution < -0.4 is 5.32 Å². The average Bonchev–Trinajstić information content (AvgIpc) is 2.80. The summed E-state index contributed by atoms with van der Waals surface area (Å²) in [6.45, 7) is 9.61. The summed E-state index contributed by atoms with van der Waals surface area (Å²) in [7, 11) is 0. The van der Waals surface area contributed by atoms with Gasteiger partial charge in [0, 0.05) is 25.7 Å². The Morgan fingerprint density at radius 1 is 1.28 bits per heavy atom. The molecule has 0 aromatic rings. The molecule has 1 heterocycles. The van der Waals surface area contributed by atoms with Crippen LogP contribution in [-0.2, 0) is 0 Å². The van der Waals surface area contributed by atoms with E-state index in [0.717, 1.165) is 31.0 Å². The zero-order chi connectivity index (χ0) is 13.0. The summed E-state index contributed by atoms with van der Waals surface area (Å²) < 4.78 is 0. The van der Waals surface area contributed by atoms with Gasteiger partial charge in [-0.2, -0.15) is 0 Å². The van der Waals surface area contributed by atoms with E-state index in [9.17, 15) is 5.11 Å². The maximum absolute atomic E-state index is 9.23. The molecule has 2 fully saturated rings. The summed E-state index contributed by atoms with van der Waals surface area (Å²) in [5, 5.41) is 12.9. The van der Waals surface area contributed by atoms with E-state index in [-0.39, 0.29) is 0 Å². The summed E-state index contributed by atoms with van der Waals surface area (Å²) in [5.74, 6) is 2.23. The molecule has 18 heavy (non-hydrogen) atoms. The Labute approximate surface area is 112 Å². The third-order valence-corrected chi connectivity index (χ3v) is 4.83. The van der Waals surface area contributed by atoms with Gasteiger partial charge in [-0.3, -0.25) is 0 Å². The highest BCUT2D eigenvalue weighted by atomic mass is 16.3. The number of aliphatic hydroxyl groups excluding tert-OH is 1. The second-order valence-electron chi connectivity index (χ2n) is 6.44. The first-order valence-electron chi connectivity index (χ1n) is 7.79. The lowest BCUT2D eigenvalue weighted by molar-refractivity contribution is 0.153.